The van der Waals surface area contributed by atoms with Gasteiger partial charge in [-0.15, -0.1) is 0 Å². The van der Waals surface area contributed by atoms with Crippen molar-refractivity contribution in [3.05, 3.63) is 58.4 Å². The number of rotatable bonds is 7. The van der Waals surface area contributed by atoms with E-state index >= 15 is 0 Å². The van der Waals surface area contributed by atoms with Gasteiger partial charge in [-0.1, -0.05) is 11.6 Å². The molecular formula is C23H24ClFN8O2. The molecule has 4 rings (SSSR count). The highest BCUT2D eigenvalue weighted by molar-refractivity contribution is 6.47. The molecular weight excluding hydrogens is 475 g/mol. The van der Waals surface area contributed by atoms with Crippen LogP contribution in [0.4, 0.5) is 4.39 Å². The van der Waals surface area contributed by atoms with E-state index in [2.05, 4.69) is 26.6 Å². The molecule has 0 saturated carbocycles. The molecule has 0 aliphatic carbocycles. The molecule has 0 radical (unpaired) electrons. The minimum Gasteiger partial charge on any atom is -0.488 e. The highest BCUT2D eigenvalue weighted by Gasteiger charge is 2.20. The van der Waals surface area contributed by atoms with Crippen molar-refractivity contribution >= 4 is 28.5 Å². The van der Waals surface area contributed by atoms with Gasteiger partial charge in [-0.05, 0) is 45.0 Å². The fourth-order valence-corrected chi connectivity index (χ4v) is 4.08. The highest BCUT2D eigenvalue weighted by Crippen LogP contribution is 2.27. The minimum atomic E-state index is -1.20. The summed E-state index contributed by atoms with van der Waals surface area (Å²) in [7, 11) is 0. The average Bonchev–Trinajstić information content (AvgIpc) is 3.28. The summed E-state index contributed by atoms with van der Waals surface area (Å²) < 4.78 is 20.8. The van der Waals surface area contributed by atoms with Crippen LogP contribution in [0.15, 0.2) is 40.8 Å². The van der Waals surface area contributed by atoms with E-state index in [1.807, 2.05) is 6.92 Å². The summed E-state index contributed by atoms with van der Waals surface area (Å²) in [5.74, 6) is 5.33. The van der Waals surface area contributed by atoms with Gasteiger partial charge in [0.25, 0.3) is 0 Å². The van der Waals surface area contributed by atoms with Crippen LogP contribution in [0.1, 0.15) is 42.7 Å². The number of pyridine rings is 2. The number of hydrogen-bond donors (Lipinski definition) is 3. The molecule has 12 heteroatoms. The van der Waals surface area contributed by atoms with Gasteiger partial charge in [-0.25, -0.2) is 8.91 Å². The molecule has 3 aromatic rings. The van der Waals surface area contributed by atoms with E-state index in [0.29, 0.717) is 22.5 Å². The number of nitrogens with two attached hydrogens (primary N) is 1. The molecule has 35 heavy (non-hydrogen) atoms. The smallest absolute Gasteiger partial charge is 0.160 e. The van der Waals surface area contributed by atoms with Crippen LogP contribution in [0.25, 0.3) is 5.52 Å². The van der Waals surface area contributed by atoms with Gasteiger partial charge in [0.05, 0.1) is 34.9 Å². The molecule has 1 unspecified atom stereocenters. The predicted octanol–water partition coefficient (Wildman–Crippen LogP) is 2.38. The second kappa shape index (κ2) is 10.8. The molecule has 0 spiro atoms. The topological polar surface area (TPSA) is 146 Å². The first-order chi connectivity index (χ1) is 16.9. The molecule has 0 aromatic carbocycles. The van der Waals surface area contributed by atoms with E-state index < -0.39 is 11.9 Å². The number of aliphatic hydroxyl groups excluding tert-OH is 1. The second-order valence-corrected chi connectivity index (χ2v) is 8.49. The monoisotopic (exact) mass is 498 g/mol. The third-order valence-corrected chi connectivity index (χ3v) is 5.98. The van der Waals surface area contributed by atoms with Crippen LogP contribution < -0.4 is 15.9 Å². The number of piperidine rings is 1. The summed E-state index contributed by atoms with van der Waals surface area (Å²) in [5.41, 5.74) is 2.55. The Morgan fingerprint density at radius 3 is 2.89 bits per heavy atom. The van der Waals surface area contributed by atoms with Crippen LogP contribution in [-0.2, 0) is 0 Å². The molecule has 3 aromatic heterocycles. The first-order valence-corrected chi connectivity index (χ1v) is 11.4. The average molecular weight is 499 g/mol. The molecule has 1 aliphatic heterocycles. The van der Waals surface area contributed by atoms with Crippen LogP contribution in [0.2, 0.25) is 5.02 Å². The van der Waals surface area contributed by atoms with Crippen LogP contribution in [0.3, 0.4) is 0 Å². The standard InChI is InChI=1S/C23H24ClFN8O2/c1-13(31-16-2-4-28-5-3-16)22(32-27)14-6-21(23-15(8-26)9-30-33(23)11-14)35-12-20(34)19-7-17(24)18(25)10-29-19/h6-7,9-11,16,20,28,34H,2-5,12,27H2,1H3/b31-13?,32-22+. The van der Waals surface area contributed by atoms with Crippen molar-refractivity contribution in [2.45, 2.75) is 31.9 Å². The van der Waals surface area contributed by atoms with Crippen LogP contribution in [0.5, 0.6) is 5.75 Å². The Morgan fingerprint density at radius 2 is 2.20 bits per heavy atom. The molecule has 1 saturated heterocycles. The number of ether oxygens (including phenoxy) is 1. The normalized spacial score (nSPS) is 16.3. The van der Waals surface area contributed by atoms with E-state index in [1.54, 1.807) is 12.3 Å². The molecule has 4 heterocycles. The SMILES string of the molecule is CC(=NC1CCNCC1)/C(=N\N)c1cc(OCC(O)c2cc(Cl)c(F)cn2)c2c(C#N)cnn2c1. The number of fused-ring (bicyclic) bond motifs is 1. The first-order valence-electron chi connectivity index (χ1n) is 11.0. The Hall–Kier alpha value is -3.59. The molecule has 182 valence electrons. The number of nitriles is 1. The zero-order valence-corrected chi connectivity index (χ0v) is 19.7. The Morgan fingerprint density at radius 1 is 1.43 bits per heavy atom. The molecule has 1 fully saturated rings. The Kier molecular flexibility index (Phi) is 7.55. The molecule has 10 nitrogen and oxygen atoms in total. The van der Waals surface area contributed by atoms with Gasteiger partial charge in [0.1, 0.15) is 41.3 Å². The molecule has 0 bridgehead atoms. The van der Waals surface area contributed by atoms with Gasteiger partial charge in [0, 0.05) is 11.8 Å². The summed E-state index contributed by atoms with van der Waals surface area (Å²) in [5, 5.41) is 31.4. The lowest BCUT2D eigenvalue weighted by Gasteiger charge is -2.20. The van der Waals surface area contributed by atoms with Crippen molar-refractivity contribution in [1.29, 1.82) is 5.26 Å². The number of nitrogens with zero attached hydrogens (tertiary/aromatic N) is 6. The van der Waals surface area contributed by atoms with Crippen LogP contribution >= 0.6 is 11.6 Å². The summed E-state index contributed by atoms with van der Waals surface area (Å²) >= 11 is 5.79. The summed E-state index contributed by atoms with van der Waals surface area (Å²) in [6.45, 7) is 3.42. The van der Waals surface area contributed by atoms with Crippen molar-refractivity contribution in [3.8, 4) is 11.8 Å². The van der Waals surface area contributed by atoms with Gasteiger partial charge in [-0.3, -0.25) is 9.98 Å². The van der Waals surface area contributed by atoms with Gasteiger partial charge in [0.15, 0.2) is 5.82 Å². The maximum absolute atomic E-state index is 13.4. The van der Waals surface area contributed by atoms with Crippen molar-refractivity contribution in [3.63, 3.8) is 0 Å². The zero-order valence-electron chi connectivity index (χ0n) is 18.9. The molecule has 0 amide bonds. The van der Waals surface area contributed by atoms with Crippen molar-refractivity contribution < 1.29 is 14.2 Å². The number of aliphatic imine (C=N–C) groups is 1. The third-order valence-electron chi connectivity index (χ3n) is 5.70. The fourth-order valence-electron chi connectivity index (χ4n) is 3.92. The van der Waals surface area contributed by atoms with Gasteiger partial charge in [0.2, 0.25) is 0 Å². The number of halogens is 2. The Bertz CT molecular complexity index is 1330. The first kappa shape index (κ1) is 24.5. The number of aromatic nitrogens is 3. The van der Waals surface area contributed by atoms with E-state index in [-0.39, 0.29) is 34.7 Å². The van der Waals surface area contributed by atoms with Crippen molar-refractivity contribution in [2.24, 2.45) is 15.9 Å². The Balaban J connectivity index is 1.65. The lowest BCUT2D eigenvalue weighted by molar-refractivity contribution is 0.105. The lowest BCUT2D eigenvalue weighted by Crippen LogP contribution is -2.31. The quantitative estimate of drug-likeness (QED) is 0.257. The fraction of sp³-hybridized carbons (Fsp3) is 0.348. The highest BCUT2D eigenvalue weighted by atomic mass is 35.5. The molecule has 1 atom stereocenters. The summed E-state index contributed by atoms with van der Waals surface area (Å²) in [4.78, 5) is 8.66. The van der Waals surface area contributed by atoms with Gasteiger partial charge in [-0.2, -0.15) is 15.5 Å². The third kappa shape index (κ3) is 5.40. The Labute approximate surface area is 205 Å². The largest absolute Gasteiger partial charge is 0.488 e. The lowest BCUT2D eigenvalue weighted by atomic mass is 10.0. The maximum atomic E-state index is 13.4. The van der Waals surface area contributed by atoms with Gasteiger partial charge < -0.3 is 21.0 Å². The van der Waals surface area contributed by atoms with Crippen LogP contribution in [0, 0.1) is 17.1 Å². The van der Waals surface area contributed by atoms with Crippen molar-refractivity contribution in [2.75, 3.05) is 19.7 Å². The summed E-state index contributed by atoms with van der Waals surface area (Å²) in [6.07, 6.45) is 4.68. The number of nitrogens with one attached hydrogen (secondary N) is 1. The molecule has 1 aliphatic rings. The number of hydrogen-bond acceptors (Lipinski definition) is 9. The number of hydrazone groups is 1. The second-order valence-electron chi connectivity index (χ2n) is 8.08. The van der Waals surface area contributed by atoms with E-state index in [0.717, 1.165) is 32.1 Å². The maximum Gasteiger partial charge on any atom is 0.160 e. The summed E-state index contributed by atoms with van der Waals surface area (Å²) in [6, 6.07) is 5.16. The van der Waals surface area contributed by atoms with E-state index in [4.69, 9.17) is 27.2 Å². The van der Waals surface area contributed by atoms with E-state index in [1.165, 1.54) is 16.8 Å². The van der Waals surface area contributed by atoms with E-state index in [9.17, 15) is 14.8 Å². The number of aliphatic hydroxyl groups is 1. The zero-order chi connectivity index (χ0) is 24.9. The van der Waals surface area contributed by atoms with Crippen molar-refractivity contribution in [1.82, 2.24) is 19.9 Å². The predicted molar refractivity (Wildman–Crippen MR) is 129 cm³/mol. The van der Waals surface area contributed by atoms with Gasteiger partial charge >= 0.3 is 0 Å². The minimum absolute atomic E-state index is 0.145. The van der Waals surface area contributed by atoms with Crippen LogP contribution in [-0.4, -0.2) is 56.9 Å². The molecule has 4 N–H and O–H groups in total.